The first kappa shape index (κ1) is 12.4. The molecule has 0 radical (unpaired) electrons. The summed E-state index contributed by atoms with van der Waals surface area (Å²) in [5.41, 5.74) is 0. The van der Waals surface area contributed by atoms with Crippen LogP contribution in [0.5, 0.6) is 0 Å². The third-order valence-corrected chi connectivity index (χ3v) is 0.592. The van der Waals surface area contributed by atoms with Crippen molar-refractivity contribution in [1.29, 1.82) is 0 Å². The lowest BCUT2D eigenvalue weighted by molar-refractivity contribution is -0.764. The molecule has 6 heteroatoms. The van der Waals surface area contributed by atoms with Crippen molar-refractivity contribution in [3.8, 4) is 0 Å². The molecule has 0 amide bonds. The zero-order chi connectivity index (χ0) is 9.44. The molecule has 0 aromatic heterocycles. The van der Waals surface area contributed by atoms with Gasteiger partial charge in [-0.2, -0.15) is 0 Å². The Balaban J connectivity index is 0. The van der Waals surface area contributed by atoms with Crippen LogP contribution in [0.2, 0.25) is 0 Å². The number of hydrogen-bond acceptors (Lipinski definition) is 4. The Kier molecular flexibility index (Phi) is 7.62. The van der Waals surface area contributed by atoms with Gasteiger partial charge in [-0.1, -0.05) is 13.8 Å². The number of hydrogen-bond donors (Lipinski definition) is 1. The highest BCUT2D eigenvalue weighted by Crippen LogP contribution is 1.88. The predicted molar refractivity (Wildman–Crippen MR) is 36.5 cm³/mol. The molecule has 1 unspecified atom stereocenters. The van der Waals surface area contributed by atoms with E-state index < -0.39 is 17.2 Å². The fourth-order valence-electron chi connectivity index (χ4n) is 0.174. The van der Waals surface area contributed by atoms with E-state index in [0.29, 0.717) is 0 Å². The minimum absolute atomic E-state index is 1.07. The fraction of sp³-hybridized carbons (Fsp3) is 0.800. The van der Waals surface area contributed by atoms with Crippen molar-refractivity contribution in [2.24, 2.45) is 0 Å². The van der Waals surface area contributed by atoms with E-state index in [-0.39, 0.29) is 0 Å². The van der Waals surface area contributed by atoms with Crippen LogP contribution in [-0.2, 0) is 9.63 Å². The van der Waals surface area contributed by atoms with Crippen LogP contribution in [0.3, 0.4) is 0 Å². The maximum Gasteiger partial charge on any atom is 0.332 e. The van der Waals surface area contributed by atoms with E-state index in [1.54, 1.807) is 0 Å². The molecule has 0 aliphatic carbocycles. The summed E-state index contributed by atoms with van der Waals surface area (Å²) in [4.78, 5) is 22.9. The summed E-state index contributed by atoms with van der Waals surface area (Å²) >= 11 is 0. The SMILES string of the molecule is CC.CC(O[N+](=O)[O-])C(=O)O. The molecular formula is C5H11NO5. The van der Waals surface area contributed by atoms with Crippen LogP contribution in [0.15, 0.2) is 0 Å². The Bertz CT molecular complexity index is 135. The Morgan fingerprint density at radius 3 is 2.09 bits per heavy atom. The van der Waals surface area contributed by atoms with Gasteiger partial charge in [-0.05, 0) is 6.92 Å². The highest BCUT2D eigenvalue weighted by atomic mass is 17.0. The first-order valence-corrected chi connectivity index (χ1v) is 3.08. The summed E-state index contributed by atoms with van der Waals surface area (Å²) in [6.45, 7) is 5.07. The first-order valence-electron chi connectivity index (χ1n) is 3.08. The van der Waals surface area contributed by atoms with Gasteiger partial charge in [0.25, 0.3) is 5.09 Å². The van der Waals surface area contributed by atoms with Crippen molar-refractivity contribution in [2.75, 3.05) is 0 Å². The van der Waals surface area contributed by atoms with Gasteiger partial charge in [0.1, 0.15) is 0 Å². The topological polar surface area (TPSA) is 89.7 Å². The van der Waals surface area contributed by atoms with Crippen LogP contribution in [0.25, 0.3) is 0 Å². The van der Waals surface area contributed by atoms with E-state index in [2.05, 4.69) is 4.84 Å². The molecule has 0 fully saturated rings. The predicted octanol–water partition coefficient (Wildman–Crippen LogP) is 0.694. The van der Waals surface area contributed by atoms with Crippen molar-refractivity contribution in [1.82, 2.24) is 0 Å². The normalized spacial score (nSPS) is 10.5. The molecule has 1 N–H and O–H groups in total. The zero-order valence-corrected chi connectivity index (χ0v) is 6.60. The van der Waals surface area contributed by atoms with Crippen molar-refractivity contribution < 1.29 is 19.8 Å². The second kappa shape index (κ2) is 6.79. The summed E-state index contributed by atoms with van der Waals surface area (Å²) in [7, 11) is 0. The molecule has 0 bridgehead atoms. The quantitative estimate of drug-likeness (QED) is 0.491. The van der Waals surface area contributed by atoms with Gasteiger partial charge in [0, 0.05) is 0 Å². The lowest BCUT2D eigenvalue weighted by Gasteiger charge is -2.00. The van der Waals surface area contributed by atoms with Crippen molar-refractivity contribution in [3.05, 3.63) is 10.1 Å². The minimum atomic E-state index is -1.39. The highest BCUT2D eigenvalue weighted by molar-refractivity contribution is 5.71. The number of aliphatic carboxylic acids is 1. The van der Waals surface area contributed by atoms with Crippen molar-refractivity contribution in [3.63, 3.8) is 0 Å². The van der Waals surface area contributed by atoms with Gasteiger partial charge in [0.2, 0.25) is 6.10 Å². The van der Waals surface area contributed by atoms with Crippen molar-refractivity contribution >= 4 is 5.97 Å². The molecule has 0 aromatic rings. The molecule has 0 saturated carbocycles. The molecule has 11 heavy (non-hydrogen) atoms. The number of carboxylic acids is 1. The van der Waals surface area contributed by atoms with E-state index in [1.165, 1.54) is 0 Å². The van der Waals surface area contributed by atoms with Gasteiger partial charge < -0.3 is 5.11 Å². The lowest BCUT2D eigenvalue weighted by atomic mass is 10.4. The molecule has 0 rings (SSSR count). The summed E-state index contributed by atoms with van der Waals surface area (Å²) in [6, 6.07) is 0. The third kappa shape index (κ3) is 8.67. The monoisotopic (exact) mass is 165 g/mol. The van der Waals surface area contributed by atoms with Gasteiger partial charge in [0.05, 0.1) is 0 Å². The molecule has 0 saturated heterocycles. The summed E-state index contributed by atoms with van der Waals surface area (Å²) < 4.78 is 0. The van der Waals surface area contributed by atoms with Gasteiger partial charge in [0.15, 0.2) is 0 Å². The number of carbonyl (C=O) groups is 1. The highest BCUT2D eigenvalue weighted by Gasteiger charge is 2.13. The fourth-order valence-corrected chi connectivity index (χ4v) is 0.174. The average molecular weight is 165 g/mol. The van der Waals surface area contributed by atoms with Crippen LogP contribution < -0.4 is 0 Å². The zero-order valence-electron chi connectivity index (χ0n) is 6.60. The molecule has 1 atom stereocenters. The smallest absolute Gasteiger partial charge is 0.332 e. The lowest BCUT2D eigenvalue weighted by Crippen LogP contribution is -2.22. The van der Waals surface area contributed by atoms with E-state index in [9.17, 15) is 14.9 Å². The second-order valence-electron chi connectivity index (χ2n) is 1.31. The van der Waals surface area contributed by atoms with E-state index in [0.717, 1.165) is 6.92 Å². The Morgan fingerprint density at radius 1 is 1.64 bits per heavy atom. The van der Waals surface area contributed by atoms with Crippen LogP contribution >= 0.6 is 0 Å². The minimum Gasteiger partial charge on any atom is -0.480 e. The first-order chi connectivity index (χ1) is 5.04. The van der Waals surface area contributed by atoms with Crippen LogP contribution in [0.4, 0.5) is 0 Å². The Labute approximate surface area is 63.9 Å². The third-order valence-electron chi connectivity index (χ3n) is 0.592. The number of carboxylic acid groups (broad SMARTS) is 1. The number of rotatable bonds is 3. The molecule has 0 aromatic carbocycles. The molecule has 0 aliphatic rings. The van der Waals surface area contributed by atoms with Gasteiger partial charge in [-0.3, -0.25) is 4.84 Å². The average Bonchev–Trinajstić information content (AvgIpc) is 1.90. The largest absolute Gasteiger partial charge is 0.480 e. The molecule has 0 aliphatic heterocycles. The number of nitrogens with zero attached hydrogens (tertiary/aromatic N) is 1. The molecule has 66 valence electrons. The molecule has 0 heterocycles. The van der Waals surface area contributed by atoms with Crippen LogP contribution in [0, 0.1) is 10.1 Å². The summed E-state index contributed by atoms with van der Waals surface area (Å²) in [5, 5.41) is 16.3. The van der Waals surface area contributed by atoms with E-state index >= 15 is 0 Å². The summed E-state index contributed by atoms with van der Waals surface area (Å²) in [5.74, 6) is -1.35. The second-order valence-corrected chi connectivity index (χ2v) is 1.31. The van der Waals surface area contributed by atoms with Gasteiger partial charge in [-0.15, -0.1) is 10.1 Å². The van der Waals surface area contributed by atoms with Crippen LogP contribution in [-0.4, -0.2) is 22.3 Å². The van der Waals surface area contributed by atoms with Gasteiger partial charge >= 0.3 is 5.97 Å². The summed E-state index contributed by atoms with van der Waals surface area (Å²) in [6.07, 6.45) is -1.39. The Morgan fingerprint density at radius 2 is 2.00 bits per heavy atom. The Hall–Kier alpha value is -1.33. The van der Waals surface area contributed by atoms with E-state index in [4.69, 9.17) is 5.11 Å². The van der Waals surface area contributed by atoms with E-state index in [1.807, 2.05) is 13.8 Å². The maximum atomic E-state index is 9.81. The standard InChI is InChI=1S/C3H5NO5.C2H6/c1-2(3(5)6)9-4(7)8;1-2/h2H,1H3,(H,5,6);1-2H3. The molecule has 6 nitrogen and oxygen atoms in total. The molecular weight excluding hydrogens is 154 g/mol. The van der Waals surface area contributed by atoms with Gasteiger partial charge in [-0.25, -0.2) is 4.79 Å². The molecule has 0 spiro atoms. The van der Waals surface area contributed by atoms with Crippen molar-refractivity contribution in [2.45, 2.75) is 26.9 Å². The van der Waals surface area contributed by atoms with Crippen LogP contribution in [0.1, 0.15) is 20.8 Å². The maximum absolute atomic E-state index is 9.81.